The van der Waals surface area contributed by atoms with E-state index in [2.05, 4.69) is 37.6 Å². The first kappa shape index (κ1) is 12.3. The molecule has 84 valence electrons. The van der Waals surface area contributed by atoms with E-state index in [1.165, 1.54) is 0 Å². The third-order valence-corrected chi connectivity index (χ3v) is 2.39. The predicted molar refractivity (Wildman–Crippen MR) is 66.6 cm³/mol. The molecule has 3 heteroatoms. The van der Waals surface area contributed by atoms with Crippen molar-refractivity contribution in [1.29, 1.82) is 0 Å². The minimum absolute atomic E-state index is 0.443. The van der Waals surface area contributed by atoms with Crippen molar-refractivity contribution in [3.8, 4) is 0 Å². The van der Waals surface area contributed by atoms with Gasteiger partial charge in [-0.15, -0.1) is 0 Å². The largest absolute Gasteiger partial charge is 0.354 e. The van der Waals surface area contributed by atoms with E-state index in [1.54, 1.807) is 6.07 Å². The van der Waals surface area contributed by atoms with Gasteiger partial charge in [0.05, 0.1) is 0 Å². The maximum absolute atomic E-state index is 5.89. The Morgan fingerprint density at radius 1 is 1.27 bits per heavy atom. The molecule has 0 bridgehead atoms. The number of rotatable bonds is 4. The first-order valence-corrected chi connectivity index (χ1v) is 5.77. The Balaban J connectivity index is 2.88. The minimum atomic E-state index is 0.443. The summed E-state index contributed by atoms with van der Waals surface area (Å²) in [6.45, 7) is 9.76. The van der Waals surface area contributed by atoms with Crippen LogP contribution in [0, 0.1) is 5.92 Å². The lowest BCUT2D eigenvalue weighted by atomic mass is 10.2. The summed E-state index contributed by atoms with van der Waals surface area (Å²) in [6, 6.07) is 6.20. The van der Waals surface area contributed by atoms with E-state index in [9.17, 15) is 0 Å². The molecule has 0 fully saturated rings. The second-order valence-corrected chi connectivity index (χ2v) is 4.85. The minimum Gasteiger partial charge on any atom is -0.354 e. The van der Waals surface area contributed by atoms with Gasteiger partial charge in [0.1, 0.15) is 11.0 Å². The summed E-state index contributed by atoms with van der Waals surface area (Å²) < 4.78 is 0. The highest BCUT2D eigenvalue weighted by molar-refractivity contribution is 6.29. The molecule has 0 radical (unpaired) electrons. The molecule has 0 spiro atoms. The average molecular weight is 227 g/mol. The lowest BCUT2D eigenvalue weighted by molar-refractivity contribution is 0.566. The number of anilines is 1. The highest BCUT2D eigenvalue weighted by Gasteiger charge is 2.13. The molecular formula is C12H19ClN2. The molecular weight excluding hydrogens is 208 g/mol. The van der Waals surface area contributed by atoms with Crippen LogP contribution in [0.2, 0.25) is 5.15 Å². The van der Waals surface area contributed by atoms with Crippen LogP contribution < -0.4 is 4.90 Å². The maximum atomic E-state index is 5.89. The molecule has 0 unspecified atom stereocenters. The Labute approximate surface area is 97.3 Å². The summed E-state index contributed by atoms with van der Waals surface area (Å²) in [7, 11) is 0. The van der Waals surface area contributed by atoms with E-state index in [4.69, 9.17) is 11.6 Å². The molecule has 0 aliphatic heterocycles. The lowest BCUT2D eigenvalue weighted by Gasteiger charge is -2.29. The summed E-state index contributed by atoms with van der Waals surface area (Å²) in [5.41, 5.74) is 0. The average Bonchev–Trinajstić information content (AvgIpc) is 2.13. The van der Waals surface area contributed by atoms with Gasteiger partial charge in [-0.3, -0.25) is 0 Å². The van der Waals surface area contributed by atoms with Gasteiger partial charge in [0, 0.05) is 12.6 Å². The van der Waals surface area contributed by atoms with Crippen molar-refractivity contribution in [1.82, 2.24) is 4.98 Å². The molecule has 0 saturated carbocycles. The van der Waals surface area contributed by atoms with Gasteiger partial charge < -0.3 is 4.90 Å². The van der Waals surface area contributed by atoms with Crippen molar-refractivity contribution in [2.24, 2.45) is 5.92 Å². The molecule has 0 atom stereocenters. The van der Waals surface area contributed by atoms with Crippen molar-refractivity contribution in [2.75, 3.05) is 11.4 Å². The van der Waals surface area contributed by atoms with E-state index in [1.807, 2.05) is 12.1 Å². The quantitative estimate of drug-likeness (QED) is 0.730. The Bertz CT molecular complexity index is 310. The van der Waals surface area contributed by atoms with Gasteiger partial charge in [-0.05, 0) is 31.9 Å². The molecule has 1 aromatic rings. The van der Waals surface area contributed by atoms with Crippen LogP contribution in [0.25, 0.3) is 0 Å². The van der Waals surface area contributed by atoms with Gasteiger partial charge in [-0.2, -0.15) is 0 Å². The Hall–Kier alpha value is -0.760. The highest BCUT2D eigenvalue weighted by Crippen LogP contribution is 2.18. The second-order valence-electron chi connectivity index (χ2n) is 4.46. The molecule has 1 heterocycles. The maximum Gasteiger partial charge on any atom is 0.131 e. The van der Waals surface area contributed by atoms with Crippen LogP contribution in [0.1, 0.15) is 27.7 Å². The van der Waals surface area contributed by atoms with Gasteiger partial charge in [-0.1, -0.05) is 31.5 Å². The molecule has 15 heavy (non-hydrogen) atoms. The van der Waals surface area contributed by atoms with Crippen molar-refractivity contribution in [2.45, 2.75) is 33.7 Å². The lowest BCUT2D eigenvalue weighted by Crippen LogP contribution is -2.34. The summed E-state index contributed by atoms with van der Waals surface area (Å²) in [4.78, 5) is 6.61. The van der Waals surface area contributed by atoms with Crippen molar-refractivity contribution in [3.63, 3.8) is 0 Å². The Morgan fingerprint density at radius 3 is 2.40 bits per heavy atom. The Morgan fingerprint density at radius 2 is 1.93 bits per heavy atom. The molecule has 2 nitrogen and oxygen atoms in total. The third kappa shape index (κ3) is 3.71. The van der Waals surface area contributed by atoms with Crippen molar-refractivity contribution < 1.29 is 0 Å². The molecule has 1 rings (SSSR count). The normalized spacial score (nSPS) is 11.1. The Kier molecular flexibility index (Phi) is 4.40. The monoisotopic (exact) mass is 226 g/mol. The van der Waals surface area contributed by atoms with Gasteiger partial charge in [-0.25, -0.2) is 4.98 Å². The van der Waals surface area contributed by atoms with Gasteiger partial charge >= 0.3 is 0 Å². The fraction of sp³-hybridized carbons (Fsp3) is 0.583. The molecule has 0 N–H and O–H groups in total. The fourth-order valence-electron chi connectivity index (χ4n) is 1.52. The van der Waals surface area contributed by atoms with Gasteiger partial charge in [0.2, 0.25) is 0 Å². The molecule has 0 saturated heterocycles. The second kappa shape index (κ2) is 5.36. The molecule has 0 aromatic carbocycles. The SMILES string of the molecule is CC(C)CN(c1cccc(Cl)n1)C(C)C. The van der Waals surface area contributed by atoms with Crippen LogP contribution in [0.5, 0.6) is 0 Å². The number of halogens is 1. The van der Waals surface area contributed by atoms with E-state index < -0.39 is 0 Å². The van der Waals surface area contributed by atoms with E-state index in [-0.39, 0.29) is 0 Å². The number of hydrogen-bond donors (Lipinski definition) is 0. The number of hydrogen-bond acceptors (Lipinski definition) is 2. The zero-order valence-corrected chi connectivity index (χ0v) is 10.6. The highest BCUT2D eigenvalue weighted by atomic mass is 35.5. The zero-order valence-electron chi connectivity index (χ0n) is 9.87. The summed E-state index contributed by atoms with van der Waals surface area (Å²) in [6.07, 6.45) is 0. The zero-order chi connectivity index (χ0) is 11.4. The molecule has 0 aliphatic rings. The van der Waals surface area contributed by atoms with E-state index >= 15 is 0 Å². The van der Waals surface area contributed by atoms with Crippen molar-refractivity contribution >= 4 is 17.4 Å². The topological polar surface area (TPSA) is 16.1 Å². The van der Waals surface area contributed by atoms with E-state index in [0.29, 0.717) is 17.1 Å². The van der Waals surface area contributed by atoms with Gasteiger partial charge in [0.15, 0.2) is 0 Å². The van der Waals surface area contributed by atoms with Crippen molar-refractivity contribution in [3.05, 3.63) is 23.4 Å². The van der Waals surface area contributed by atoms with Crippen LogP contribution in [-0.4, -0.2) is 17.6 Å². The smallest absolute Gasteiger partial charge is 0.131 e. The molecule has 0 amide bonds. The third-order valence-electron chi connectivity index (χ3n) is 2.18. The number of nitrogens with zero attached hydrogens (tertiary/aromatic N) is 2. The van der Waals surface area contributed by atoms with Crippen LogP contribution in [0.3, 0.4) is 0 Å². The number of aromatic nitrogens is 1. The summed E-state index contributed by atoms with van der Waals surface area (Å²) in [5, 5.41) is 0.557. The first-order chi connectivity index (χ1) is 7.00. The van der Waals surface area contributed by atoms with Gasteiger partial charge in [0.25, 0.3) is 0 Å². The van der Waals surface area contributed by atoms with Crippen LogP contribution >= 0.6 is 11.6 Å². The van der Waals surface area contributed by atoms with Crippen LogP contribution in [-0.2, 0) is 0 Å². The molecule has 1 aromatic heterocycles. The van der Waals surface area contributed by atoms with Crippen LogP contribution in [0.15, 0.2) is 18.2 Å². The number of pyridine rings is 1. The standard InChI is InChI=1S/C12H19ClN2/c1-9(2)8-15(10(3)4)12-7-5-6-11(13)14-12/h5-7,9-10H,8H2,1-4H3. The molecule has 0 aliphatic carbocycles. The first-order valence-electron chi connectivity index (χ1n) is 5.40. The van der Waals surface area contributed by atoms with E-state index in [0.717, 1.165) is 12.4 Å². The summed E-state index contributed by atoms with van der Waals surface area (Å²) in [5.74, 6) is 1.58. The fourth-order valence-corrected chi connectivity index (χ4v) is 1.68. The van der Waals surface area contributed by atoms with Crippen LogP contribution in [0.4, 0.5) is 5.82 Å². The predicted octanol–water partition coefficient (Wildman–Crippen LogP) is 3.61. The summed E-state index contributed by atoms with van der Waals surface area (Å²) >= 11 is 5.89.